The number of nitrogens with zero attached hydrogens (tertiary/aromatic N) is 3. The van der Waals surface area contributed by atoms with Crippen molar-refractivity contribution in [3.8, 4) is 0 Å². The van der Waals surface area contributed by atoms with Gasteiger partial charge in [-0.25, -0.2) is 4.79 Å². The molecule has 2 aliphatic heterocycles. The maximum absolute atomic E-state index is 12.6. The van der Waals surface area contributed by atoms with E-state index < -0.39 is 6.09 Å². The lowest BCUT2D eigenvalue weighted by Gasteiger charge is -2.33. The number of H-pyrrole nitrogens is 1. The van der Waals surface area contributed by atoms with E-state index in [2.05, 4.69) is 22.3 Å². The molecule has 27 heavy (non-hydrogen) atoms. The molecule has 1 N–H and O–H groups in total. The summed E-state index contributed by atoms with van der Waals surface area (Å²) in [5, 5.41) is 7.42. The highest BCUT2D eigenvalue weighted by molar-refractivity contribution is 5.83. The lowest BCUT2D eigenvalue weighted by molar-refractivity contribution is -0.132. The van der Waals surface area contributed by atoms with Gasteiger partial charge >= 0.3 is 6.09 Å². The van der Waals surface area contributed by atoms with Crippen LogP contribution in [0.25, 0.3) is 0 Å². The lowest BCUT2D eigenvalue weighted by atomic mass is 9.91. The summed E-state index contributed by atoms with van der Waals surface area (Å²) in [6.45, 7) is 2.35. The van der Waals surface area contributed by atoms with E-state index in [1.807, 2.05) is 29.3 Å². The summed E-state index contributed by atoms with van der Waals surface area (Å²) in [6, 6.07) is 10.3. The number of ether oxygens (including phenoxy) is 1. The van der Waals surface area contributed by atoms with Crippen molar-refractivity contribution in [3.63, 3.8) is 0 Å². The number of hydrogen-bond acceptors (Lipinski definition) is 4. The van der Waals surface area contributed by atoms with Gasteiger partial charge in [0.2, 0.25) is 5.91 Å². The number of rotatable bonds is 5. The summed E-state index contributed by atoms with van der Waals surface area (Å²) in [5.41, 5.74) is 3.55. The number of likely N-dealkylation sites (tertiary alicyclic amines) is 1. The largest absolute Gasteiger partial charge is 0.448 e. The van der Waals surface area contributed by atoms with E-state index in [1.54, 1.807) is 0 Å². The molecule has 1 aromatic heterocycles. The van der Waals surface area contributed by atoms with Crippen LogP contribution in [-0.4, -0.2) is 64.8 Å². The number of cyclic esters (lactones) is 1. The molecule has 1 atom stereocenters. The Morgan fingerprint density at radius 2 is 2.11 bits per heavy atom. The van der Waals surface area contributed by atoms with E-state index >= 15 is 0 Å². The van der Waals surface area contributed by atoms with Crippen LogP contribution in [0.4, 0.5) is 4.79 Å². The van der Waals surface area contributed by atoms with Crippen molar-refractivity contribution in [2.24, 2.45) is 0 Å². The van der Waals surface area contributed by atoms with Gasteiger partial charge in [0.05, 0.1) is 12.7 Å². The fraction of sp³-hybridized carbons (Fsp3) is 0.450. The van der Waals surface area contributed by atoms with Gasteiger partial charge in [0, 0.05) is 31.1 Å². The molecule has 2 saturated heterocycles. The number of piperidine rings is 1. The first-order valence-electron chi connectivity index (χ1n) is 9.46. The monoisotopic (exact) mass is 368 g/mol. The lowest BCUT2D eigenvalue weighted by Crippen LogP contribution is -2.45. The number of hydrogen-bond donors (Lipinski definition) is 1. The molecule has 7 heteroatoms. The third kappa shape index (κ3) is 3.97. The zero-order chi connectivity index (χ0) is 18.6. The average Bonchev–Trinajstić information content (AvgIpc) is 3.32. The zero-order valence-corrected chi connectivity index (χ0v) is 15.3. The zero-order valence-electron chi connectivity index (χ0n) is 15.3. The SMILES string of the molecule is O=C(CN1CCOC1=O)N1CCCC(c2[nH]ncc2Cc2ccccc2)C1. The summed E-state index contributed by atoms with van der Waals surface area (Å²) in [5.74, 6) is 0.233. The number of amides is 2. The molecule has 0 saturated carbocycles. The molecule has 1 unspecified atom stereocenters. The first kappa shape index (κ1) is 17.6. The van der Waals surface area contributed by atoms with E-state index in [-0.39, 0.29) is 18.4 Å². The van der Waals surface area contributed by atoms with E-state index in [0.717, 1.165) is 31.5 Å². The van der Waals surface area contributed by atoms with E-state index in [4.69, 9.17) is 4.74 Å². The Morgan fingerprint density at radius 3 is 2.89 bits per heavy atom. The third-order valence-electron chi connectivity index (χ3n) is 5.34. The minimum atomic E-state index is -0.393. The molecular weight excluding hydrogens is 344 g/mol. The third-order valence-corrected chi connectivity index (χ3v) is 5.34. The summed E-state index contributed by atoms with van der Waals surface area (Å²) >= 11 is 0. The second kappa shape index (κ2) is 7.82. The van der Waals surface area contributed by atoms with Gasteiger partial charge in [-0.15, -0.1) is 0 Å². The van der Waals surface area contributed by atoms with E-state index in [1.165, 1.54) is 16.0 Å². The van der Waals surface area contributed by atoms with Crippen LogP contribution < -0.4 is 0 Å². The summed E-state index contributed by atoms with van der Waals surface area (Å²) in [7, 11) is 0. The van der Waals surface area contributed by atoms with Gasteiger partial charge < -0.3 is 9.64 Å². The van der Waals surface area contributed by atoms with Crippen molar-refractivity contribution < 1.29 is 14.3 Å². The van der Waals surface area contributed by atoms with Crippen molar-refractivity contribution >= 4 is 12.0 Å². The normalized spacial score (nSPS) is 20.0. The fourth-order valence-electron chi connectivity index (χ4n) is 3.90. The Morgan fingerprint density at radius 1 is 1.26 bits per heavy atom. The standard InChI is InChI=1S/C20H24N4O3/c25-18(14-24-9-10-27-20(24)26)23-8-4-7-16(13-23)19-17(12-21-22-19)11-15-5-2-1-3-6-15/h1-3,5-6,12,16H,4,7-11,13-14H2,(H,21,22). The molecule has 0 aliphatic carbocycles. The molecule has 2 fully saturated rings. The van der Waals surface area contributed by atoms with Gasteiger partial charge in [0.25, 0.3) is 0 Å². The van der Waals surface area contributed by atoms with Crippen LogP contribution >= 0.6 is 0 Å². The molecule has 0 spiro atoms. The number of benzene rings is 1. The van der Waals surface area contributed by atoms with E-state index in [9.17, 15) is 9.59 Å². The second-order valence-corrected chi connectivity index (χ2v) is 7.19. The van der Waals surface area contributed by atoms with Gasteiger partial charge in [0.1, 0.15) is 13.2 Å². The summed E-state index contributed by atoms with van der Waals surface area (Å²) < 4.78 is 4.91. The molecule has 3 heterocycles. The van der Waals surface area contributed by atoms with Gasteiger partial charge in [0.15, 0.2) is 0 Å². The predicted octanol–water partition coefficient (Wildman–Crippen LogP) is 2.16. The minimum absolute atomic E-state index is 0.0114. The number of aromatic amines is 1. The Hall–Kier alpha value is -2.83. The van der Waals surface area contributed by atoms with E-state index in [0.29, 0.717) is 19.7 Å². The molecule has 0 radical (unpaired) electrons. The minimum Gasteiger partial charge on any atom is -0.448 e. The van der Waals surface area contributed by atoms with Crippen LogP contribution in [0, 0.1) is 0 Å². The van der Waals surface area contributed by atoms with Crippen molar-refractivity contribution in [1.29, 1.82) is 0 Å². The maximum atomic E-state index is 12.6. The number of carbonyl (C=O) groups is 2. The maximum Gasteiger partial charge on any atom is 0.410 e. The molecule has 0 bridgehead atoms. The molecule has 7 nitrogen and oxygen atoms in total. The molecule has 142 valence electrons. The van der Waals surface area contributed by atoms with Gasteiger partial charge in [-0.2, -0.15) is 5.10 Å². The fourth-order valence-corrected chi connectivity index (χ4v) is 3.90. The number of carbonyl (C=O) groups excluding carboxylic acids is 2. The van der Waals surface area contributed by atoms with Crippen molar-refractivity contribution in [2.45, 2.75) is 25.2 Å². The molecule has 2 aliphatic rings. The second-order valence-electron chi connectivity index (χ2n) is 7.19. The predicted molar refractivity (Wildman–Crippen MR) is 99.3 cm³/mol. The Bertz CT molecular complexity index is 805. The van der Waals surface area contributed by atoms with Crippen LogP contribution in [0.15, 0.2) is 36.5 Å². The molecule has 2 amide bonds. The van der Waals surface area contributed by atoms with Crippen LogP contribution in [0.1, 0.15) is 35.6 Å². The highest BCUT2D eigenvalue weighted by Gasteiger charge is 2.30. The smallest absolute Gasteiger partial charge is 0.410 e. The Labute approximate surface area is 158 Å². The van der Waals surface area contributed by atoms with Gasteiger partial charge in [-0.05, 0) is 24.0 Å². The Balaban J connectivity index is 1.42. The van der Waals surface area contributed by atoms with Crippen LogP contribution in [0.5, 0.6) is 0 Å². The van der Waals surface area contributed by atoms with Crippen LogP contribution in [-0.2, 0) is 16.0 Å². The quantitative estimate of drug-likeness (QED) is 0.877. The first-order valence-corrected chi connectivity index (χ1v) is 9.46. The van der Waals surface area contributed by atoms with Crippen LogP contribution in [0.3, 0.4) is 0 Å². The molecular formula is C20H24N4O3. The number of aromatic nitrogens is 2. The van der Waals surface area contributed by atoms with Crippen LogP contribution in [0.2, 0.25) is 0 Å². The van der Waals surface area contributed by atoms with Crippen molar-refractivity contribution in [1.82, 2.24) is 20.0 Å². The van der Waals surface area contributed by atoms with Crippen molar-refractivity contribution in [2.75, 3.05) is 32.8 Å². The highest BCUT2D eigenvalue weighted by Crippen LogP contribution is 2.29. The highest BCUT2D eigenvalue weighted by atomic mass is 16.6. The summed E-state index contributed by atoms with van der Waals surface area (Å²) in [4.78, 5) is 27.6. The van der Waals surface area contributed by atoms with Crippen molar-refractivity contribution in [3.05, 3.63) is 53.3 Å². The average molecular weight is 368 g/mol. The van der Waals surface area contributed by atoms with Gasteiger partial charge in [-0.3, -0.25) is 14.8 Å². The Kier molecular flexibility index (Phi) is 5.09. The molecule has 4 rings (SSSR count). The molecule has 2 aromatic rings. The van der Waals surface area contributed by atoms with Gasteiger partial charge in [-0.1, -0.05) is 30.3 Å². The topological polar surface area (TPSA) is 78.5 Å². The first-order chi connectivity index (χ1) is 13.2. The molecule has 1 aromatic carbocycles. The summed E-state index contributed by atoms with van der Waals surface area (Å²) in [6.07, 6.45) is 4.31. The number of nitrogens with one attached hydrogen (secondary N) is 1.